The summed E-state index contributed by atoms with van der Waals surface area (Å²) in [5, 5.41) is 1.90. The smallest absolute Gasteiger partial charge is 0.277 e. The van der Waals surface area contributed by atoms with E-state index in [1.807, 2.05) is 0 Å². The summed E-state index contributed by atoms with van der Waals surface area (Å²) in [6.07, 6.45) is 3.46. The Balaban J connectivity index is 2.84. The molecule has 0 fully saturated rings. The summed E-state index contributed by atoms with van der Waals surface area (Å²) in [5.74, 6) is -0.550. The van der Waals surface area contributed by atoms with Gasteiger partial charge in [-0.1, -0.05) is 0 Å². The molecule has 0 aromatic carbocycles. The van der Waals surface area contributed by atoms with Crippen molar-refractivity contribution >= 4 is 29.6 Å². The molecule has 0 saturated heterocycles. The van der Waals surface area contributed by atoms with Crippen LogP contribution in [-0.2, 0) is 4.79 Å². The highest BCUT2D eigenvalue weighted by atomic mass is 32.1. The van der Waals surface area contributed by atoms with Crippen molar-refractivity contribution in [3.05, 3.63) is 22.2 Å². The molecule has 0 bridgehead atoms. The van der Waals surface area contributed by atoms with Crippen molar-refractivity contribution in [3.63, 3.8) is 0 Å². The van der Waals surface area contributed by atoms with Gasteiger partial charge in [0.1, 0.15) is 6.29 Å². The van der Waals surface area contributed by atoms with Crippen LogP contribution in [0.1, 0.15) is 15.5 Å². The molecule has 62 valence electrons. The molecule has 5 heteroatoms. The molecule has 0 aliphatic carbocycles. The van der Waals surface area contributed by atoms with Gasteiger partial charge in [-0.3, -0.25) is 9.59 Å². The summed E-state index contributed by atoms with van der Waals surface area (Å²) in [7, 11) is 0. The van der Waals surface area contributed by atoms with E-state index < -0.39 is 5.91 Å². The highest BCUT2D eigenvalue weighted by Gasteiger charge is 2.03. The Morgan fingerprint density at radius 1 is 1.67 bits per heavy atom. The number of aromatic nitrogens is 1. The number of hydrogen-bond acceptors (Lipinski definition) is 4. The molecule has 0 aliphatic heterocycles. The Labute approximate surface area is 72.7 Å². The maximum Gasteiger partial charge on any atom is 0.277 e. The summed E-state index contributed by atoms with van der Waals surface area (Å²) in [5.41, 5.74) is 5.54. The third kappa shape index (κ3) is 2.00. The Kier molecular flexibility index (Phi) is 2.71. The molecule has 1 aromatic heterocycles. The fourth-order valence-electron chi connectivity index (χ4n) is 0.614. The average Bonchev–Trinajstić information content (AvgIpc) is 2.48. The van der Waals surface area contributed by atoms with Gasteiger partial charge in [0.2, 0.25) is 0 Å². The van der Waals surface area contributed by atoms with E-state index in [4.69, 9.17) is 5.73 Å². The summed E-state index contributed by atoms with van der Waals surface area (Å²) >= 11 is 1.16. The first-order valence-corrected chi connectivity index (χ1v) is 3.99. The van der Waals surface area contributed by atoms with Crippen LogP contribution >= 0.6 is 11.3 Å². The minimum absolute atomic E-state index is 0.251. The number of thiazole rings is 1. The van der Waals surface area contributed by atoms with Crippen molar-refractivity contribution < 1.29 is 9.59 Å². The number of hydrogen-bond donors (Lipinski definition) is 1. The SMILES string of the molecule is NC(=O)c1nc(/C=C/C=O)cs1. The largest absolute Gasteiger partial charge is 0.364 e. The van der Waals surface area contributed by atoms with Crippen molar-refractivity contribution in [2.24, 2.45) is 5.73 Å². The van der Waals surface area contributed by atoms with Crippen molar-refractivity contribution in [1.29, 1.82) is 0 Å². The first-order valence-electron chi connectivity index (χ1n) is 3.11. The third-order valence-electron chi connectivity index (χ3n) is 1.08. The first-order chi connectivity index (χ1) is 5.74. The summed E-state index contributed by atoms with van der Waals surface area (Å²) in [6.45, 7) is 0. The molecule has 0 radical (unpaired) electrons. The number of nitrogens with zero attached hydrogens (tertiary/aromatic N) is 1. The molecule has 2 N–H and O–H groups in total. The molecule has 0 aliphatic rings. The standard InChI is InChI=1S/C7H6N2O2S/c8-6(11)7-9-5(4-12-7)2-1-3-10/h1-4H,(H2,8,11)/b2-1+. The molecule has 0 saturated carbocycles. The van der Waals surface area contributed by atoms with Gasteiger partial charge >= 0.3 is 0 Å². The number of amides is 1. The minimum atomic E-state index is -0.550. The lowest BCUT2D eigenvalue weighted by molar-refractivity contribution is -0.104. The summed E-state index contributed by atoms with van der Waals surface area (Å²) in [6, 6.07) is 0. The second kappa shape index (κ2) is 3.77. The van der Waals surface area contributed by atoms with Gasteiger partial charge in [0, 0.05) is 5.38 Å². The van der Waals surface area contributed by atoms with Crippen LogP contribution < -0.4 is 5.73 Å². The van der Waals surface area contributed by atoms with Crippen LogP contribution in [-0.4, -0.2) is 17.2 Å². The lowest BCUT2D eigenvalue weighted by atomic mass is 10.4. The van der Waals surface area contributed by atoms with Crippen LogP contribution in [0.25, 0.3) is 6.08 Å². The van der Waals surface area contributed by atoms with Crippen LogP contribution in [0.5, 0.6) is 0 Å². The van der Waals surface area contributed by atoms with Crippen molar-refractivity contribution in [1.82, 2.24) is 4.98 Å². The third-order valence-corrected chi connectivity index (χ3v) is 1.95. The van der Waals surface area contributed by atoms with E-state index >= 15 is 0 Å². The van der Waals surface area contributed by atoms with Crippen LogP contribution in [0.3, 0.4) is 0 Å². The van der Waals surface area contributed by atoms with E-state index in [9.17, 15) is 9.59 Å². The molecular formula is C7H6N2O2S. The first kappa shape index (κ1) is 8.61. The number of nitrogens with two attached hydrogens (primary N) is 1. The van der Waals surface area contributed by atoms with Crippen LogP contribution in [0.15, 0.2) is 11.5 Å². The summed E-state index contributed by atoms with van der Waals surface area (Å²) < 4.78 is 0. The molecule has 1 aromatic rings. The highest BCUT2D eigenvalue weighted by molar-refractivity contribution is 7.11. The monoisotopic (exact) mass is 182 g/mol. The topological polar surface area (TPSA) is 73.1 Å². The van der Waals surface area contributed by atoms with Gasteiger partial charge in [-0.15, -0.1) is 11.3 Å². The van der Waals surface area contributed by atoms with Crippen LogP contribution in [0.4, 0.5) is 0 Å². The molecule has 4 nitrogen and oxygen atoms in total. The van der Waals surface area contributed by atoms with Gasteiger partial charge in [0.25, 0.3) is 5.91 Å². The fraction of sp³-hybridized carbons (Fsp3) is 0. The number of rotatable bonds is 3. The van der Waals surface area contributed by atoms with Gasteiger partial charge in [-0.2, -0.15) is 0 Å². The number of aldehydes is 1. The summed E-state index contributed by atoms with van der Waals surface area (Å²) in [4.78, 5) is 24.3. The highest BCUT2D eigenvalue weighted by Crippen LogP contribution is 2.09. The molecule has 12 heavy (non-hydrogen) atoms. The second-order valence-corrected chi connectivity index (χ2v) is 2.80. The predicted molar refractivity (Wildman–Crippen MR) is 45.7 cm³/mol. The van der Waals surface area contributed by atoms with Gasteiger partial charge in [0.05, 0.1) is 5.69 Å². The molecule has 0 atom stereocenters. The van der Waals surface area contributed by atoms with Crippen molar-refractivity contribution in [2.45, 2.75) is 0 Å². The number of carbonyl (C=O) groups is 2. The second-order valence-electron chi connectivity index (χ2n) is 1.94. The Bertz CT molecular complexity index is 330. The number of carbonyl (C=O) groups excluding carboxylic acids is 2. The Hall–Kier alpha value is -1.49. The molecule has 0 unspecified atom stereocenters. The van der Waals surface area contributed by atoms with E-state index in [-0.39, 0.29) is 5.01 Å². The predicted octanol–water partition coefficient (Wildman–Crippen LogP) is 0.454. The van der Waals surface area contributed by atoms with E-state index in [1.165, 1.54) is 12.2 Å². The zero-order valence-corrected chi connectivity index (χ0v) is 6.88. The molecular weight excluding hydrogens is 176 g/mol. The fourth-order valence-corrected chi connectivity index (χ4v) is 1.25. The number of primary amides is 1. The quantitative estimate of drug-likeness (QED) is 0.545. The van der Waals surface area contributed by atoms with Crippen LogP contribution in [0.2, 0.25) is 0 Å². The normalized spacial score (nSPS) is 10.3. The lowest BCUT2D eigenvalue weighted by Crippen LogP contribution is -2.10. The molecule has 1 amide bonds. The minimum Gasteiger partial charge on any atom is -0.364 e. The molecule has 1 rings (SSSR count). The lowest BCUT2D eigenvalue weighted by Gasteiger charge is -1.81. The van der Waals surface area contributed by atoms with Gasteiger partial charge in [0.15, 0.2) is 5.01 Å². The van der Waals surface area contributed by atoms with Gasteiger partial charge in [-0.05, 0) is 12.2 Å². The Morgan fingerprint density at radius 3 is 2.92 bits per heavy atom. The Morgan fingerprint density at radius 2 is 2.42 bits per heavy atom. The van der Waals surface area contributed by atoms with E-state index in [2.05, 4.69) is 4.98 Å². The zero-order valence-electron chi connectivity index (χ0n) is 6.06. The van der Waals surface area contributed by atoms with E-state index in [0.29, 0.717) is 12.0 Å². The average molecular weight is 182 g/mol. The van der Waals surface area contributed by atoms with E-state index in [0.717, 1.165) is 11.3 Å². The van der Waals surface area contributed by atoms with Gasteiger partial charge in [-0.25, -0.2) is 4.98 Å². The molecule has 1 heterocycles. The number of allylic oxidation sites excluding steroid dienone is 1. The van der Waals surface area contributed by atoms with Crippen molar-refractivity contribution in [3.8, 4) is 0 Å². The maximum atomic E-state index is 10.6. The maximum absolute atomic E-state index is 10.6. The zero-order chi connectivity index (χ0) is 8.97. The molecule has 0 spiro atoms. The van der Waals surface area contributed by atoms with E-state index in [1.54, 1.807) is 5.38 Å². The van der Waals surface area contributed by atoms with Crippen molar-refractivity contribution in [2.75, 3.05) is 0 Å². The van der Waals surface area contributed by atoms with Gasteiger partial charge < -0.3 is 5.73 Å². The van der Waals surface area contributed by atoms with Crippen LogP contribution in [0, 0.1) is 0 Å².